The Morgan fingerprint density at radius 2 is 2.33 bits per heavy atom. The first-order valence-corrected chi connectivity index (χ1v) is 3.03. The molecule has 0 aromatic rings. The molecule has 0 rings (SSSR count). The van der Waals surface area contributed by atoms with E-state index in [1.54, 1.807) is 0 Å². The average Bonchev–Trinajstić information content (AvgIpc) is 1.61. The zero-order valence-electron chi connectivity index (χ0n) is 3.48. The van der Waals surface area contributed by atoms with Crippen molar-refractivity contribution in [3.8, 4) is 0 Å². The van der Waals surface area contributed by atoms with Crippen LogP contribution in [0.1, 0.15) is 12.8 Å². The highest BCUT2D eigenvalue weighted by Crippen LogP contribution is 1.88. The summed E-state index contributed by atoms with van der Waals surface area (Å²) in [7, 11) is 0. The summed E-state index contributed by atoms with van der Waals surface area (Å²) in [5, 5.41) is 0.936. The summed E-state index contributed by atoms with van der Waals surface area (Å²) >= 11 is 3.19. The lowest BCUT2D eigenvalue weighted by Crippen LogP contribution is -1.73. The fraction of sp³-hybridized carbons (Fsp3) is 0.750. The number of unbranched alkanes of at least 4 members (excludes halogenated alkanes) is 1. The lowest BCUT2D eigenvalue weighted by molar-refractivity contribution is -0.107. The van der Waals surface area contributed by atoms with E-state index in [4.69, 9.17) is 0 Å². The SMILES string of the molecule is O=CCCCBr. The van der Waals surface area contributed by atoms with Crippen LogP contribution in [0.2, 0.25) is 0 Å². The summed E-state index contributed by atoms with van der Waals surface area (Å²) in [4.78, 5) is 9.54. The third-order valence-corrected chi connectivity index (χ3v) is 1.02. The van der Waals surface area contributed by atoms with Gasteiger partial charge < -0.3 is 4.79 Å². The van der Waals surface area contributed by atoms with Gasteiger partial charge in [0.2, 0.25) is 0 Å². The molecule has 0 aliphatic carbocycles. The normalized spacial score (nSPS) is 8.17. The fourth-order valence-electron chi connectivity index (χ4n) is 0.160. The molecule has 0 heterocycles. The maximum absolute atomic E-state index is 9.54. The van der Waals surface area contributed by atoms with Gasteiger partial charge in [-0.2, -0.15) is 0 Å². The van der Waals surface area contributed by atoms with Crippen molar-refractivity contribution in [2.75, 3.05) is 5.33 Å². The molecule has 0 radical (unpaired) electrons. The van der Waals surface area contributed by atoms with Gasteiger partial charge >= 0.3 is 0 Å². The lowest BCUT2D eigenvalue weighted by atomic mass is 10.4. The van der Waals surface area contributed by atoms with E-state index < -0.39 is 0 Å². The predicted octanol–water partition coefficient (Wildman–Crippen LogP) is 1.36. The third kappa shape index (κ3) is 4.15. The van der Waals surface area contributed by atoms with Crippen LogP contribution in [0.15, 0.2) is 0 Å². The van der Waals surface area contributed by atoms with Gasteiger partial charge in [0, 0.05) is 11.8 Å². The van der Waals surface area contributed by atoms with Crippen LogP contribution in [0, 0.1) is 0 Å². The van der Waals surface area contributed by atoms with Gasteiger partial charge in [0.1, 0.15) is 6.29 Å². The summed E-state index contributed by atoms with van der Waals surface area (Å²) < 4.78 is 0. The number of aldehydes is 1. The first-order valence-electron chi connectivity index (χ1n) is 1.91. The molecule has 0 amide bonds. The Labute approximate surface area is 45.9 Å². The van der Waals surface area contributed by atoms with Crippen molar-refractivity contribution in [1.82, 2.24) is 0 Å². The first kappa shape index (κ1) is 6.15. The number of hydrogen-bond donors (Lipinski definition) is 0. The van der Waals surface area contributed by atoms with Gasteiger partial charge in [-0.3, -0.25) is 0 Å². The molecule has 0 bridgehead atoms. The van der Waals surface area contributed by atoms with Crippen molar-refractivity contribution in [2.45, 2.75) is 12.8 Å². The maximum atomic E-state index is 9.54. The summed E-state index contributed by atoms with van der Waals surface area (Å²) in [5.74, 6) is 0. The Bertz CT molecular complexity index is 36.5. The first-order chi connectivity index (χ1) is 2.91. The molecule has 0 aromatic carbocycles. The number of alkyl halides is 1. The standard InChI is InChI=1S/C4H7BrO/c5-3-1-2-4-6/h4H,1-3H2. The van der Waals surface area contributed by atoms with Crippen molar-refractivity contribution in [2.24, 2.45) is 0 Å². The minimum atomic E-state index is 0.686. The molecule has 0 fully saturated rings. The molecule has 0 unspecified atom stereocenters. The Kier molecular flexibility index (Phi) is 5.28. The van der Waals surface area contributed by atoms with E-state index in [1.807, 2.05) is 0 Å². The number of rotatable bonds is 3. The molecule has 6 heavy (non-hydrogen) atoms. The second-order valence-corrected chi connectivity index (χ2v) is 1.79. The van der Waals surface area contributed by atoms with Gasteiger partial charge in [-0.05, 0) is 6.42 Å². The summed E-state index contributed by atoms with van der Waals surface area (Å²) in [6, 6.07) is 0. The van der Waals surface area contributed by atoms with Gasteiger partial charge in [0.05, 0.1) is 0 Å². The van der Waals surface area contributed by atoms with E-state index >= 15 is 0 Å². The fourth-order valence-corrected chi connectivity index (χ4v) is 0.484. The van der Waals surface area contributed by atoms with Crippen LogP contribution in [0.3, 0.4) is 0 Å². The van der Waals surface area contributed by atoms with E-state index in [-0.39, 0.29) is 0 Å². The molecule has 0 saturated carbocycles. The van der Waals surface area contributed by atoms with Gasteiger partial charge in [-0.15, -0.1) is 0 Å². The van der Waals surface area contributed by atoms with Crippen LogP contribution in [-0.2, 0) is 4.79 Å². The second-order valence-electron chi connectivity index (χ2n) is 0.998. The quantitative estimate of drug-likeness (QED) is 0.338. The van der Waals surface area contributed by atoms with E-state index in [1.165, 1.54) is 0 Å². The van der Waals surface area contributed by atoms with Gasteiger partial charge in [-0.25, -0.2) is 0 Å². The molecule has 0 N–H and O–H groups in total. The van der Waals surface area contributed by atoms with E-state index in [0.29, 0.717) is 6.42 Å². The highest BCUT2D eigenvalue weighted by atomic mass is 79.9. The van der Waals surface area contributed by atoms with Crippen LogP contribution >= 0.6 is 15.9 Å². The van der Waals surface area contributed by atoms with Crippen LogP contribution in [0.5, 0.6) is 0 Å². The van der Waals surface area contributed by atoms with E-state index in [2.05, 4.69) is 15.9 Å². The topological polar surface area (TPSA) is 17.1 Å². The Morgan fingerprint density at radius 1 is 1.67 bits per heavy atom. The average molecular weight is 151 g/mol. The number of carbonyl (C=O) groups excluding carboxylic acids is 1. The molecule has 0 saturated heterocycles. The van der Waals surface area contributed by atoms with Crippen LogP contribution < -0.4 is 0 Å². The molecule has 0 atom stereocenters. The van der Waals surface area contributed by atoms with Crippen molar-refractivity contribution >= 4 is 22.2 Å². The van der Waals surface area contributed by atoms with Crippen molar-refractivity contribution in [1.29, 1.82) is 0 Å². The van der Waals surface area contributed by atoms with Gasteiger partial charge in [0.25, 0.3) is 0 Å². The Balaban J connectivity index is 2.49. The smallest absolute Gasteiger partial charge is 0.120 e. The third-order valence-electron chi connectivity index (χ3n) is 0.456. The molecule has 0 aliphatic heterocycles. The lowest BCUT2D eigenvalue weighted by Gasteiger charge is -1.77. The predicted molar refractivity (Wildman–Crippen MR) is 29.1 cm³/mol. The van der Waals surface area contributed by atoms with Gasteiger partial charge in [0.15, 0.2) is 0 Å². The van der Waals surface area contributed by atoms with Gasteiger partial charge in [-0.1, -0.05) is 15.9 Å². The minimum absolute atomic E-state index is 0.686. The minimum Gasteiger partial charge on any atom is -0.303 e. The number of halogens is 1. The molecular formula is C4H7BrO. The molecule has 36 valence electrons. The summed E-state index contributed by atoms with van der Waals surface area (Å²) in [6.07, 6.45) is 2.58. The number of hydrogen-bond acceptors (Lipinski definition) is 1. The van der Waals surface area contributed by atoms with Crippen molar-refractivity contribution < 1.29 is 4.79 Å². The highest BCUT2D eigenvalue weighted by molar-refractivity contribution is 9.09. The molecule has 0 aliphatic rings. The van der Waals surface area contributed by atoms with E-state index in [9.17, 15) is 4.79 Å². The van der Waals surface area contributed by atoms with Crippen LogP contribution in [0.25, 0.3) is 0 Å². The van der Waals surface area contributed by atoms with Crippen molar-refractivity contribution in [3.63, 3.8) is 0 Å². The molecule has 2 heteroatoms. The summed E-state index contributed by atoms with van der Waals surface area (Å²) in [6.45, 7) is 0. The van der Waals surface area contributed by atoms with Crippen molar-refractivity contribution in [3.05, 3.63) is 0 Å². The van der Waals surface area contributed by atoms with Crippen LogP contribution in [-0.4, -0.2) is 11.6 Å². The number of carbonyl (C=O) groups is 1. The zero-order valence-corrected chi connectivity index (χ0v) is 5.07. The largest absolute Gasteiger partial charge is 0.303 e. The van der Waals surface area contributed by atoms with E-state index in [0.717, 1.165) is 18.0 Å². The highest BCUT2D eigenvalue weighted by Gasteiger charge is 1.76. The Hall–Kier alpha value is 0.150. The van der Waals surface area contributed by atoms with Crippen LogP contribution in [0.4, 0.5) is 0 Å². The monoisotopic (exact) mass is 150 g/mol. The molecule has 1 nitrogen and oxygen atoms in total. The zero-order chi connectivity index (χ0) is 4.83. The maximum Gasteiger partial charge on any atom is 0.120 e. The second kappa shape index (κ2) is 5.15. The molecular weight excluding hydrogens is 144 g/mol. The Morgan fingerprint density at radius 3 is 2.50 bits per heavy atom. The summed E-state index contributed by atoms with van der Waals surface area (Å²) in [5.41, 5.74) is 0. The molecule has 0 aromatic heterocycles. The molecule has 0 spiro atoms.